The Hall–Kier alpha value is -1.81. The van der Waals surface area contributed by atoms with Crippen LogP contribution in [0.5, 0.6) is 5.75 Å². The van der Waals surface area contributed by atoms with Gasteiger partial charge in [-0.15, -0.1) is 0 Å². The van der Waals surface area contributed by atoms with E-state index in [4.69, 9.17) is 9.15 Å². The summed E-state index contributed by atoms with van der Waals surface area (Å²) in [4.78, 5) is 4.25. The van der Waals surface area contributed by atoms with Crippen molar-refractivity contribution in [2.75, 3.05) is 0 Å². The number of pyridine rings is 1. The molecule has 19 heavy (non-hydrogen) atoms. The molecule has 0 unspecified atom stereocenters. The van der Waals surface area contributed by atoms with Gasteiger partial charge >= 0.3 is 0 Å². The molecule has 0 aliphatic carbocycles. The Morgan fingerprint density at radius 2 is 2.16 bits per heavy atom. The topological polar surface area (TPSA) is 35.3 Å². The number of alkyl halides is 1. The van der Waals surface area contributed by atoms with Crippen LogP contribution >= 0.6 is 15.9 Å². The third kappa shape index (κ3) is 2.63. The maximum Gasteiger partial charge on any atom is 0.137 e. The van der Waals surface area contributed by atoms with Gasteiger partial charge in [-0.25, -0.2) is 0 Å². The standard InChI is InChI=1S/C15H12BrNO2/c16-9-11-7-14-13(4-6-18-14)15(8-11)19-10-12-3-1-2-5-17-12/h1-8H,9-10H2. The molecular formula is C15H12BrNO2. The van der Waals surface area contributed by atoms with Crippen molar-refractivity contribution in [3.8, 4) is 5.75 Å². The van der Waals surface area contributed by atoms with E-state index in [9.17, 15) is 0 Å². The molecule has 0 saturated carbocycles. The fourth-order valence-corrected chi connectivity index (χ4v) is 2.25. The first kappa shape index (κ1) is 12.2. The Kier molecular flexibility index (Phi) is 3.51. The van der Waals surface area contributed by atoms with Crippen LogP contribution in [0.4, 0.5) is 0 Å². The number of hydrogen-bond donors (Lipinski definition) is 0. The predicted molar refractivity (Wildman–Crippen MR) is 77.4 cm³/mol. The maximum atomic E-state index is 5.86. The zero-order chi connectivity index (χ0) is 13.1. The summed E-state index contributed by atoms with van der Waals surface area (Å²) in [5.41, 5.74) is 2.87. The van der Waals surface area contributed by atoms with Gasteiger partial charge in [0.05, 0.1) is 17.3 Å². The molecule has 0 bridgehead atoms. The summed E-state index contributed by atoms with van der Waals surface area (Å²) in [6, 6.07) is 11.7. The minimum absolute atomic E-state index is 0.451. The Balaban J connectivity index is 1.89. The number of fused-ring (bicyclic) bond motifs is 1. The molecule has 0 spiro atoms. The molecule has 3 nitrogen and oxygen atoms in total. The van der Waals surface area contributed by atoms with Crippen molar-refractivity contribution in [2.45, 2.75) is 11.9 Å². The monoisotopic (exact) mass is 317 g/mol. The lowest BCUT2D eigenvalue weighted by Gasteiger charge is -2.08. The van der Waals surface area contributed by atoms with Crippen molar-refractivity contribution in [1.29, 1.82) is 0 Å². The molecule has 3 rings (SSSR count). The summed E-state index contributed by atoms with van der Waals surface area (Å²) in [5, 5.41) is 1.75. The van der Waals surface area contributed by atoms with E-state index in [1.54, 1.807) is 12.5 Å². The molecule has 2 aromatic heterocycles. The van der Waals surface area contributed by atoms with Gasteiger partial charge in [0.1, 0.15) is 17.9 Å². The van der Waals surface area contributed by atoms with Gasteiger partial charge in [0.2, 0.25) is 0 Å². The van der Waals surface area contributed by atoms with E-state index >= 15 is 0 Å². The number of rotatable bonds is 4. The highest BCUT2D eigenvalue weighted by Crippen LogP contribution is 2.30. The van der Waals surface area contributed by atoms with Gasteiger partial charge < -0.3 is 9.15 Å². The summed E-state index contributed by atoms with van der Waals surface area (Å²) in [6.45, 7) is 0.451. The van der Waals surface area contributed by atoms with Crippen LogP contribution in [-0.2, 0) is 11.9 Å². The van der Waals surface area contributed by atoms with Crippen LogP contribution < -0.4 is 4.74 Å². The smallest absolute Gasteiger partial charge is 0.137 e. The largest absolute Gasteiger partial charge is 0.487 e. The second-order valence-corrected chi connectivity index (χ2v) is 4.73. The molecule has 0 aliphatic rings. The average Bonchev–Trinajstić information content (AvgIpc) is 2.94. The van der Waals surface area contributed by atoms with Crippen LogP contribution in [0, 0.1) is 0 Å². The van der Waals surface area contributed by atoms with Crippen LogP contribution in [0.25, 0.3) is 11.0 Å². The molecule has 1 aromatic carbocycles. The van der Waals surface area contributed by atoms with Crippen LogP contribution in [0.3, 0.4) is 0 Å². The van der Waals surface area contributed by atoms with E-state index in [0.717, 1.165) is 33.3 Å². The summed E-state index contributed by atoms with van der Waals surface area (Å²) in [7, 11) is 0. The second kappa shape index (κ2) is 5.45. The summed E-state index contributed by atoms with van der Waals surface area (Å²) in [6.07, 6.45) is 3.44. The van der Waals surface area contributed by atoms with E-state index in [1.165, 1.54) is 0 Å². The zero-order valence-electron chi connectivity index (χ0n) is 10.2. The Morgan fingerprint density at radius 1 is 1.21 bits per heavy atom. The Bertz CT molecular complexity index is 679. The summed E-state index contributed by atoms with van der Waals surface area (Å²) >= 11 is 3.45. The minimum atomic E-state index is 0.451. The highest BCUT2D eigenvalue weighted by molar-refractivity contribution is 9.08. The van der Waals surface area contributed by atoms with Gasteiger partial charge in [0.15, 0.2) is 0 Å². The van der Waals surface area contributed by atoms with Crippen molar-refractivity contribution in [1.82, 2.24) is 4.98 Å². The van der Waals surface area contributed by atoms with Gasteiger partial charge in [-0.3, -0.25) is 4.98 Å². The van der Waals surface area contributed by atoms with Crippen molar-refractivity contribution in [3.63, 3.8) is 0 Å². The fourth-order valence-electron chi connectivity index (χ4n) is 1.92. The van der Waals surface area contributed by atoms with Crippen molar-refractivity contribution in [2.24, 2.45) is 0 Å². The molecule has 2 heterocycles. The van der Waals surface area contributed by atoms with Gasteiger partial charge in [-0.2, -0.15) is 0 Å². The van der Waals surface area contributed by atoms with Gasteiger partial charge in [0, 0.05) is 11.5 Å². The Morgan fingerprint density at radius 3 is 2.95 bits per heavy atom. The highest BCUT2D eigenvalue weighted by Gasteiger charge is 2.08. The minimum Gasteiger partial charge on any atom is -0.487 e. The molecule has 0 aliphatic heterocycles. The highest BCUT2D eigenvalue weighted by atomic mass is 79.9. The molecule has 0 amide bonds. The van der Waals surface area contributed by atoms with Gasteiger partial charge in [-0.05, 0) is 35.9 Å². The van der Waals surface area contributed by atoms with E-state index in [2.05, 4.69) is 20.9 Å². The fraction of sp³-hybridized carbons (Fsp3) is 0.133. The Labute approximate surface area is 119 Å². The first-order chi connectivity index (χ1) is 9.36. The molecule has 0 atom stereocenters. The van der Waals surface area contributed by atoms with Gasteiger partial charge in [-0.1, -0.05) is 22.0 Å². The molecule has 96 valence electrons. The van der Waals surface area contributed by atoms with Crippen LogP contribution in [0.15, 0.2) is 53.3 Å². The first-order valence-corrected chi connectivity index (χ1v) is 7.08. The number of nitrogens with zero attached hydrogens (tertiary/aromatic N) is 1. The first-order valence-electron chi connectivity index (χ1n) is 5.95. The lowest BCUT2D eigenvalue weighted by molar-refractivity contribution is 0.305. The molecule has 3 aromatic rings. The van der Waals surface area contributed by atoms with Crippen molar-refractivity contribution >= 4 is 26.9 Å². The lowest BCUT2D eigenvalue weighted by Crippen LogP contribution is -1.98. The third-order valence-electron chi connectivity index (χ3n) is 2.85. The van der Waals surface area contributed by atoms with Crippen LogP contribution in [0.1, 0.15) is 11.3 Å². The number of benzene rings is 1. The molecule has 0 fully saturated rings. The van der Waals surface area contributed by atoms with E-state index in [-0.39, 0.29) is 0 Å². The number of halogens is 1. The quantitative estimate of drug-likeness (QED) is 0.673. The third-order valence-corrected chi connectivity index (χ3v) is 3.50. The number of hydrogen-bond acceptors (Lipinski definition) is 3. The molecule has 0 radical (unpaired) electrons. The summed E-state index contributed by atoms with van der Waals surface area (Å²) < 4.78 is 11.3. The van der Waals surface area contributed by atoms with Crippen LogP contribution in [0.2, 0.25) is 0 Å². The predicted octanol–water partition coefficient (Wildman–Crippen LogP) is 4.30. The maximum absolute atomic E-state index is 5.86. The number of furan rings is 1. The van der Waals surface area contributed by atoms with Crippen LogP contribution in [-0.4, -0.2) is 4.98 Å². The molecule has 4 heteroatoms. The normalized spacial score (nSPS) is 10.8. The summed E-state index contributed by atoms with van der Waals surface area (Å²) in [5.74, 6) is 0.825. The number of ether oxygens (including phenoxy) is 1. The second-order valence-electron chi connectivity index (χ2n) is 4.17. The molecular weight excluding hydrogens is 306 g/mol. The van der Waals surface area contributed by atoms with E-state index < -0.39 is 0 Å². The number of aromatic nitrogens is 1. The molecule has 0 saturated heterocycles. The molecule has 0 N–H and O–H groups in total. The lowest BCUT2D eigenvalue weighted by atomic mass is 10.2. The van der Waals surface area contributed by atoms with E-state index in [1.807, 2.05) is 36.4 Å². The zero-order valence-corrected chi connectivity index (χ0v) is 11.8. The SMILES string of the molecule is BrCc1cc(OCc2ccccn2)c2ccoc2c1. The average molecular weight is 318 g/mol. The van der Waals surface area contributed by atoms with Gasteiger partial charge in [0.25, 0.3) is 0 Å². The van der Waals surface area contributed by atoms with E-state index in [0.29, 0.717) is 6.61 Å². The van der Waals surface area contributed by atoms with Crippen molar-refractivity contribution in [3.05, 3.63) is 60.1 Å². The van der Waals surface area contributed by atoms with Crippen molar-refractivity contribution < 1.29 is 9.15 Å².